The number of benzene rings is 1. The van der Waals surface area contributed by atoms with Crippen molar-refractivity contribution in [2.24, 2.45) is 0 Å². The Hall–Kier alpha value is -2.21. The molecular weight excluding hydrogens is 297 g/mol. The minimum atomic E-state index is -0.439. The molecule has 0 saturated heterocycles. The second-order valence-electron chi connectivity index (χ2n) is 5.81. The van der Waals surface area contributed by atoms with Gasteiger partial charge in [0.05, 0.1) is 18.8 Å². The SMILES string of the molecule is CNCc1c(C)c(-c2ccc(OC)c(F)c2)nn(C2CC2)c1=O. The van der Waals surface area contributed by atoms with Gasteiger partial charge in [-0.05, 0) is 50.6 Å². The van der Waals surface area contributed by atoms with E-state index in [2.05, 4.69) is 10.4 Å². The molecule has 1 aliphatic carbocycles. The molecule has 1 heterocycles. The van der Waals surface area contributed by atoms with Crippen LogP contribution >= 0.6 is 0 Å². The van der Waals surface area contributed by atoms with Crippen molar-refractivity contribution >= 4 is 0 Å². The third kappa shape index (κ3) is 2.86. The number of rotatable bonds is 5. The maximum Gasteiger partial charge on any atom is 0.271 e. The standard InChI is InChI=1S/C17H20FN3O2/c1-10-13(9-19-2)17(22)21(12-5-6-12)20-16(10)11-4-7-15(23-3)14(18)8-11/h4,7-8,12,19H,5-6,9H2,1-3H3. The highest BCUT2D eigenvalue weighted by Gasteiger charge is 2.28. The lowest BCUT2D eigenvalue weighted by Crippen LogP contribution is -2.30. The highest BCUT2D eigenvalue weighted by atomic mass is 19.1. The van der Waals surface area contributed by atoms with Crippen LogP contribution in [-0.2, 0) is 6.54 Å². The second kappa shape index (κ2) is 6.12. The first-order valence-corrected chi connectivity index (χ1v) is 7.67. The summed E-state index contributed by atoms with van der Waals surface area (Å²) in [5.74, 6) is -0.247. The van der Waals surface area contributed by atoms with Crippen LogP contribution in [0, 0.1) is 12.7 Å². The van der Waals surface area contributed by atoms with E-state index in [1.165, 1.54) is 13.2 Å². The van der Waals surface area contributed by atoms with E-state index in [1.54, 1.807) is 23.9 Å². The molecule has 0 amide bonds. The predicted octanol–water partition coefficient (Wildman–Crippen LogP) is 2.42. The molecule has 0 spiro atoms. The summed E-state index contributed by atoms with van der Waals surface area (Å²) in [6, 6.07) is 4.91. The molecule has 0 aliphatic heterocycles. The third-order valence-electron chi connectivity index (χ3n) is 4.15. The maximum absolute atomic E-state index is 14.0. The molecule has 0 radical (unpaired) electrons. The minimum absolute atomic E-state index is 0.0583. The summed E-state index contributed by atoms with van der Waals surface area (Å²) in [5.41, 5.74) is 2.69. The Labute approximate surface area is 134 Å². The van der Waals surface area contributed by atoms with Gasteiger partial charge in [-0.2, -0.15) is 5.10 Å². The molecule has 1 N–H and O–H groups in total. The van der Waals surface area contributed by atoms with Crippen LogP contribution in [0.3, 0.4) is 0 Å². The van der Waals surface area contributed by atoms with E-state index in [0.717, 1.165) is 18.4 Å². The third-order valence-corrected chi connectivity index (χ3v) is 4.15. The van der Waals surface area contributed by atoms with E-state index in [1.807, 2.05) is 6.92 Å². The van der Waals surface area contributed by atoms with Crippen molar-refractivity contribution in [3.05, 3.63) is 45.5 Å². The lowest BCUT2D eigenvalue weighted by molar-refractivity contribution is 0.386. The van der Waals surface area contributed by atoms with Gasteiger partial charge in [0.1, 0.15) is 0 Å². The number of ether oxygens (including phenoxy) is 1. The van der Waals surface area contributed by atoms with E-state index in [-0.39, 0.29) is 17.4 Å². The first kappa shape index (κ1) is 15.7. The smallest absolute Gasteiger partial charge is 0.271 e. The number of halogens is 1. The highest BCUT2D eigenvalue weighted by Crippen LogP contribution is 2.34. The van der Waals surface area contributed by atoms with Crippen molar-refractivity contribution in [2.75, 3.05) is 14.2 Å². The van der Waals surface area contributed by atoms with Crippen LogP contribution < -0.4 is 15.6 Å². The first-order chi connectivity index (χ1) is 11.1. The molecule has 1 fully saturated rings. The first-order valence-electron chi connectivity index (χ1n) is 7.67. The largest absolute Gasteiger partial charge is 0.494 e. The molecule has 1 aliphatic rings. The summed E-state index contributed by atoms with van der Waals surface area (Å²) in [6.45, 7) is 2.32. The van der Waals surface area contributed by atoms with Gasteiger partial charge in [0.25, 0.3) is 5.56 Å². The fraction of sp³-hybridized carbons (Fsp3) is 0.412. The Morgan fingerprint density at radius 3 is 2.74 bits per heavy atom. The second-order valence-corrected chi connectivity index (χ2v) is 5.81. The van der Waals surface area contributed by atoms with Gasteiger partial charge in [-0.3, -0.25) is 4.79 Å². The van der Waals surface area contributed by atoms with Gasteiger partial charge in [0.15, 0.2) is 11.6 Å². The molecule has 0 unspecified atom stereocenters. The molecule has 23 heavy (non-hydrogen) atoms. The molecule has 1 aromatic carbocycles. The lowest BCUT2D eigenvalue weighted by Gasteiger charge is -2.14. The van der Waals surface area contributed by atoms with Crippen molar-refractivity contribution in [3.8, 4) is 17.0 Å². The van der Waals surface area contributed by atoms with E-state index in [9.17, 15) is 9.18 Å². The molecule has 2 aromatic rings. The summed E-state index contributed by atoms with van der Waals surface area (Å²) in [6.07, 6.45) is 1.93. The molecule has 0 atom stereocenters. The highest BCUT2D eigenvalue weighted by molar-refractivity contribution is 5.64. The van der Waals surface area contributed by atoms with Gasteiger partial charge in [-0.1, -0.05) is 0 Å². The molecule has 5 nitrogen and oxygen atoms in total. The van der Waals surface area contributed by atoms with Crippen molar-refractivity contribution in [1.82, 2.24) is 15.1 Å². The summed E-state index contributed by atoms with van der Waals surface area (Å²) in [4.78, 5) is 12.6. The van der Waals surface area contributed by atoms with Gasteiger partial charge < -0.3 is 10.1 Å². The topological polar surface area (TPSA) is 56.1 Å². The molecular formula is C17H20FN3O2. The van der Waals surface area contributed by atoms with Gasteiger partial charge in [0, 0.05) is 17.7 Å². The maximum atomic E-state index is 14.0. The zero-order chi connectivity index (χ0) is 16.6. The average Bonchev–Trinajstić information content (AvgIpc) is 3.36. The van der Waals surface area contributed by atoms with Crippen molar-refractivity contribution in [2.45, 2.75) is 32.4 Å². The van der Waals surface area contributed by atoms with Crippen LogP contribution in [0.25, 0.3) is 11.3 Å². The molecule has 1 aromatic heterocycles. The van der Waals surface area contributed by atoms with Crippen LogP contribution in [-0.4, -0.2) is 23.9 Å². The van der Waals surface area contributed by atoms with Gasteiger partial charge in [-0.25, -0.2) is 9.07 Å². The van der Waals surface area contributed by atoms with Crippen molar-refractivity contribution in [3.63, 3.8) is 0 Å². The van der Waals surface area contributed by atoms with Crippen LogP contribution in [0.2, 0.25) is 0 Å². The molecule has 3 rings (SSSR count). The minimum Gasteiger partial charge on any atom is -0.494 e. The fourth-order valence-electron chi connectivity index (χ4n) is 2.71. The number of nitrogens with zero attached hydrogens (tertiary/aromatic N) is 2. The van der Waals surface area contributed by atoms with Gasteiger partial charge in [-0.15, -0.1) is 0 Å². The van der Waals surface area contributed by atoms with Crippen LogP contribution in [0.15, 0.2) is 23.0 Å². The number of nitrogens with one attached hydrogen (secondary N) is 1. The predicted molar refractivity (Wildman–Crippen MR) is 86.2 cm³/mol. The monoisotopic (exact) mass is 317 g/mol. The molecule has 1 saturated carbocycles. The van der Waals surface area contributed by atoms with Gasteiger partial charge in [0.2, 0.25) is 0 Å². The summed E-state index contributed by atoms with van der Waals surface area (Å²) in [7, 11) is 3.23. The van der Waals surface area contributed by atoms with Crippen molar-refractivity contribution < 1.29 is 9.13 Å². The Bertz CT molecular complexity index is 797. The summed E-state index contributed by atoms with van der Waals surface area (Å²) in [5, 5.41) is 7.54. The zero-order valence-electron chi connectivity index (χ0n) is 13.5. The Morgan fingerprint density at radius 2 is 2.17 bits per heavy atom. The fourth-order valence-corrected chi connectivity index (χ4v) is 2.71. The van der Waals surface area contributed by atoms with Gasteiger partial charge >= 0.3 is 0 Å². The number of hydrogen-bond acceptors (Lipinski definition) is 4. The van der Waals surface area contributed by atoms with E-state index in [4.69, 9.17) is 4.74 Å². The zero-order valence-corrected chi connectivity index (χ0v) is 13.5. The molecule has 122 valence electrons. The van der Waals surface area contributed by atoms with E-state index >= 15 is 0 Å². The number of methoxy groups -OCH3 is 1. The Morgan fingerprint density at radius 1 is 1.43 bits per heavy atom. The van der Waals surface area contributed by atoms with Crippen LogP contribution in [0.5, 0.6) is 5.75 Å². The summed E-state index contributed by atoms with van der Waals surface area (Å²) >= 11 is 0. The quantitative estimate of drug-likeness (QED) is 0.920. The number of aromatic nitrogens is 2. The lowest BCUT2D eigenvalue weighted by atomic mass is 10.0. The van der Waals surface area contributed by atoms with Crippen molar-refractivity contribution in [1.29, 1.82) is 0 Å². The molecule has 6 heteroatoms. The Kier molecular flexibility index (Phi) is 4.17. The molecule has 0 bridgehead atoms. The van der Waals surface area contributed by atoms with Crippen LogP contribution in [0.1, 0.15) is 30.0 Å². The van der Waals surface area contributed by atoms with E-state index < -0.39 is 5.82 Å². The number of hydrogen-bond donors (Lipinski definition) is 1. The average molecular weight is 317 g/mol. The Balaban J connectivity index is 2.18. The summed E-state index contributed by atoms with van der Waals surface area (Å²) < 4.78 is 20.5. The van der Waals surface area contributed by atoms with E-state index in [0.29, 0.717) is 23.4 Å². The normalized spacial score (nSPS) is 14.1. The van der Waals surface area contributed by atoms with Crippen LogP contribution in [0.4, 0.5) is 4.39 Å².